The van der Waals surface area contributed by atoms with E-state index < -0.39 is 34.4 Å². The summed E-state index contributed by atoms with van der Waals surface area (Å²) in [5, 5.41) is 4.31. The molecule has 10 nitrogen and oxygen atoms in total. The highest BCUT2D eigenvalue weighted by atomic mass is 32.2. The highest BCUT2D eigenvalue weighted by Gasteiger charge is 2.15. The molecule has 0 aliphatic rings. The van der Waals surface area contributed by atoms with E-state index in [-0.39, 0.29) is 22.0 Å². The van der Waals surface area contributed by atoms with Crippen LogP contribution in [0, 0.1) is 0 Å². The zero-order valence-corrected chi connectivity index (χ0v) is 18.6. The van der Waals surface area contributed by atoms with E-state index in [0.29, 0.717) is 11.3 Å². The first kappa shape index (κ1) is 23.9. The smallest absolute Gasteiger partial charge is 0.331 e. The number of ether oxygens (including phenoxy) is 1. The maximum atomic E-state index is 12.3. The van der Waals surface area contributed by atoms with E-state index in [4.69, 9.17) is 14.9 Å². The Morgan fingerprint density at radius 3 is 2.55 bits per heavy atom. The summed E-state index contributed by atoms with van der Waals surface area (Å²) in [6, 6.07) is 10.6. The van der Waals surface area contributed by atoms with E-state index in [1.165, 1.54) is 42.7 Å². The molecule has 0 radical (unpaired) electrons. The van der Waals surface area contributed by atoms with Crippen LogP contribution in [-0.2, 0) is 30.9 Å². The molecule has 0 saturated heterocycles. The molecule has 0 unspecified atom stereocenters. The maximum absolute atomic E-state index is 12.3. The second-order valence-electron chi connectivity index (χ2n) is 6.49. The minimum atomic E-state index is -3.73. The first-order valence-corrected chi connectivity index (χ1v) is 11.7. The van der Waals surface area contributed by atoms with Crippen molar-refractivity contribution in [2.75, 3.05) is 11.9 Å². The van der Waals surface area contributed by atoms with E-state index in [1.807, 2.05) is 0 Å². The quantitative estimate of drug-likeness (QED) is 0.291. The topological polar surface area (TPSA) is 158 Å². The van der Waals surface area contributed by atoms with Crippen molar-refractivity contribution in [3.63, 3.8) is 0 Å². The predicted molar refractivity (Wildman–Crippen MR) is 121 cm³/mol. The Kier molecular flexibility index (Phi) is 7.77. The number of hydrogen-bond donors (Lipinski definition) is 3. The molecule has 12 heteroatoms. The van der Waals surface area contributed by atoms with Crippen LogP contribution in [0.4, 0.5) is 5.00 Å². The number of amides is 2. The van der Waals surface area contributed by atoms with Crippen LogP contribution in [0.2, 0.25) is 0 Å². The van der Waals surface area contributed by atoms with Gasteiger partial charge in [0.1, 0.15) is 10.8 Å². The summed E-state index contributed by atoms with van der Waals surface area (Å²) in [6.45, 7) is -0.537. The number of primary amides is 1. The van der Waals surface area contributed by atoms with Crippen molar-refractivity contribution in [3.05, 3.63) is 77.1 Å². The third-order valence-corrected chi connectivity index (χ3v) is 6.39. The van der Waals surface area contributed by atoms with E-state index in [1.54, 1.807) is 17.5 Å². The number of rotatable bonds is 10. The molecule has 3 rings (SSSR count). The Hall–Kier alpha value is -3.74. The Balaban J connectivity index is 1.49. The van der Waals surface area contributed by atoms with Crippen molar-refractivity contribution in [2.45, 2.75) is 11.4 Å². The van der Waals surface area contributed by atoms with E-state index in [0.717, 1.165) is 17.4 Å². The first-order chi connectivity index (χ1) is 15.7. The first-order valence-electron chi connectivity index (χ1n) is 9.39. The molecule has 0 aliphatic heterocycles. The largest absolute Gasteiger partial charge is 0.468 e. The fraction of sp³-hybridized carbons (Fsp3) is 0.0952. The Labute approximate surface area is 193 Å². The minimum Gasteiger partial charge on any atom is -0.468 e. The molecule has 0 aliphatic carbocycles. The Morgan fingerprint density at radius 1 is 1.12 bits per heavy atom. The molecule has 0 fully saturated rings. The number of hydrogen-bond acceptors (Lipinski definition) is 8. The monoisotopic (exact) mass is 489 g/mol. The zero-order valence-electron chi connectivity index (χ0n) is 17.0. The van der Waals surface area contributed by atoms with Crippen LogP contribution in [-0.4, -0.2) is 32.8 Å². The number of carbonyl (C=O) groups excluding carboxylic acids is 3. The summed E-state index contributed by atoms with van der Waals surface area (Å²) < 4.78 is 37.0. The van der Waals surface area contributed by atoms with Gasteiger partial charge in [-0.25, -0.2) is 17.9 Å². The summed E-state index contributed by atoms with van der Waals surface area (Å²) in [4.78, 5) is 35.0. The minimum absolute atomic E-state index is 0.0206. The van der Waals surface area contributed by atoms with Crippen molar-refractivity contribution in [3.8, 4) is 0 Å². The summed E-state index contributed by atoms with van der Waals surface area (Å²) in [5.41, 5.74) is 5.92. The molecule has 0 saturated carbocycles. The van der Waals surface area contributed by atoms with Crippen LogP contribution < -0.4 is 15.8 Å². The number of benzene rings is 1. The summed E-state index contributed by atoms with van der Waals surface area (Å²) >= 11 is 1.11. The van der Waals surface area contributed by atoms with E-state index in [2.05, 4.69) is 10.0 Å². The average Bonchev–Trinajstić information content (AvgIpc) is 3.47. The van der Waals surface area contributed by atoms with Crippen LogP contribution in [0.25, 0.3) is 6.08 Å². The lowest BCUT2D eigenvalue weighted by molar-refractivity contribution is -0.142. The Morgan fingerprint density at radius 2 is 1.88 bits per heavy atom. The van der Waals surface area contributed by atoms with Gasteiger partial charge in [0.25, 0.3) is 11.8 Å². The number of esters is 1. The fourth-order valence-corrected chi connectivity index (χ4v) is 4.33. The molecule has 2 aromatic heterocycles. The molecule has 33 heavy (non-hydrogen) atoms. The SMILES string of the molecule is NC(=O)c1ccsc1NC(=O)COC(=O)/C=C/c1ccc(S(=O)(=O)NCc2ccco2)cc1. The van der Waals surface area contributed by atoms with Gasteiger partial charge in [0.05, 0.1) is 23.3 Å². The molecular weight excluding hydrogens is 470 g/mol. The summed E-state index contributed by atoms with van der Waals surface area (Å²) in [5.74, 6) is -1.60. The number of sulfonamides is 1. The zero-order chi connectivity index (χ0) is 23.8. The molecule has 1 aromatic carbocycles. The lowest BCUT2D eigenvalue weighted by atomic mass is 10.2. The number of furan rings is 1. The van der Waals surface area contributed by atoms with Crippen LogP contribution in [0.15, 0.2) is 69.5 Å². The highest BCUT2D eigenvalue weighted by Crippen LogP contribution is 2.22. The molecule has 3 aromatic rings. The average molecular weight is 490 g/mol. The van der Waals surface area contributed by atoms with Gasteiger partial charge in [-0.1, -0.05) is 12.1 Å². The second kappa shape index (κ2) is 10.7. The lowest BCUT2D eigenvalue weighted by Gasteiger charge is -2.06. The van der Waals surface area contributed by atoms with Crippen molar-refractivity contribution in [1.29, 1.82) is 0 Å². The van der Waals surface area contributed by atoms with Crippen LogP contribution in [0.1, 0.15) is 21.7 Å². The van der Waals surface area contributed by atoms with Gasteiger partial charge in [0, 0.05) is 6.08 Å². The van der Waals surface area contributed by atoms with Crippen LogP contribution >= 0.6 is 11.3 Å². The summed E-state index contributed by atoms with van der Waals surface area (Å²) in [6.07, 6.45) is 3.97. The van der Waals surface area contributed by atoms with Crippen molar-refractivity contribution in [2.24, 2.45) is 5.73 Å². The van der Waals surface area contributed by atoms with Gasteiger partial charge in [-0.05, 0) is 47.4 Å². The second-order valence-corrected chi connectivity index (χ2v) is 9.17. The van der Waals surface area contributed by atoms with Crippen molar-refractivity contribution in [1.82, 2.24) is 4.72 Å². The third kappa shape index (κ3) is 6.87. The molecule has 172 valence electrons. The molecule has 2 heterocycles. The molecule has 0 bridgehead atoms. The van der Waals surface area contributed by atoms with E-state index >= 15 is 0 Å². The number of carbonyl (C=O) groups is 3. The number of thiophene rings is 1. The normalized spacial score (nSPS) is 11.4. The van der Waals surface area contributed by atoms with Crippen LogP contribution in [0.5, 0.6) is 0 Å². The van der Waals surface area contributed by atoms with E-state index in [9.17, 15) is 22.8 Å². The number of anilines is 1. The third-order valence-electron chi connectivity index (χ3n) is 4.15. The van der Waals surface area contributed by atoms with Gasteiger partial charge >= 0.3 is 5.97 Å². The van der Waals surface area contributed by atoms with Gasteiger partial charge in [0.15, 0.2) is 6.61 Å². The molecule has 2 amide bonds. The van der Waals surface area contributed by atoms with Crippen molar-refractivity contribution < 1.29 is 32.0 Å². The summed E-state index contributed by atoms with van der Waals surface area (Å²) in [7, 11) is -3.73. The van der Waals surface area contributed by atoms with Gasteiger partial charge in [-0.3, -0.25) is 9.59 Å². The van der Waals surface area contributed by atoms with Gasteiger partial charge in [-0.15, -0.1) is 11.3 Å². The fourth-order valence-electron chi connectivity index (χ4n) is 2.53. The predicted octanol–water partition coefficient (Wildman–Crippen LogP) is 2.11. The molecular formula is C21H19N3O7S2. The Bertz CT molecular complexity index is 1260. The molecule has 0 atom stereocenters. The molecule has 0 spiro atoms. The number of nitrogens with two attached hydrogens (primary N) is 1. The van der Waals surface area contributed by atoms with Crippen LogP contribution in [0.3, 0.4) is 0 Å². The van der Waals surface area contributed by atoms with Crippen molar-refractivity contribution >= 4 is 50.2 Å². The van der Waals surface area contributed by atoms with Gasteiger partial charge in [0.2, 0.25) is 10.0 Å². The number of nitrogens with one attached hydrogen (secondary N) is 2. The maximum Gasteiger partial charge on any atom is 0.331 e. The molecule has 4 N–H and O–H groups in total. The lowest BCUT2D eigenvalue weighted by Crippen LogP contribution is -2.22. The van der Waals surface area contributed by atoms with Gasteiger partial charge < -0.3 is 20.2 Å². The highest BCUT2D eigenvalue weighted by molar-refractivity contribution is 7.89. The van der Waals surface area contributed by atoms with Gasteiger partial charge in [-0.2, -0.15) is 0 Å². The standard InChI is InChI=1S/C21H19N3O7S2/c22-20(27)17-9-11-32-21(17)24-18(25)13-31-19(26)8-5-14-3-6-16(7-4-14)33(28,29)23-12-15-2-1-10-30-15/h1-11,23H,12-13H2,(H2,22,27)(H,24,25)/b8-5+.